The van der Waals surface area contributed by atoms with Crippen molar-refractivity contribution in [3.8, 4) is 5.75 Å². The summed E-state index contributed by atoms with van der Waals surface area (Å²) >= 11 is 0. The highest BCUT2D eigenvalue weighted by molar-refractivity contribution is 6.05. The van der Waals surface area contributed by atoms with Crippen molar-refractivity contribution in [2.24, 2.45) is 11.8 Å². The molecule has 4 amide bonds. The molecule has 7 heteroatoms. The summed E-state index contributed by atoms with van der Waals surface area (Å²) in [5.74, 6) is 0.557. The number of methoxy groups -OCH3 is 1. The van der Waals surface area contributed by atoms with Gasteiger partial charge in [-0.05, 0) is 55.4 Å². The third-order valence-corrected chi connectivity index (χ3v) is 6.17. The third-order valence-electron chi connectivity index (χ3n) is 6.17. The van der Waals surface area contributed by atoms with Crippen LogP contribution >= 0.6 is 0 Å². The van der Waals surface area contributed by atoms with Gasteiger partial charge in [0.25, 0.3) is 0 Å². The van der Waals surface area contributed by atoms with Gasteiger partial charge >= 0.3 is 6.03 Å². The Bertz CT molecular complexity index is 945. The molecule has 0 saturated heterocycles. The fourth-order valence-corrected chi connectivity index (χ4v) is 4.38. The van der Waals surface area contributed by atoms with E-state index in [-0.39, 0.29) is 36.1 Å². The summed E-state index contributed by atoms with van der Waals surface area (Å²) in [6.45, 7) is 0.388. The Kier molecular flexibility index (Phi) is 6.21. The molecule has 31 heavy (non-hydrogen) atoms. The van der Waals surface area contributed by atoms with Crippen LogP contribution in [0.4, 0.5) is 16.2 Å². The average molecular weight is 421 g/mol. The molecule has 2 aromatic carbocycles. The quantitative estimate of drug-likeness (QED) is 0.762. The van der Waals surface area contributed by atoms with E-state index in [1.807, 2.05) is 48.5 Å². The van der Waals surface area contributed by atoms with Crippen LogP contribution in [0.25, 0.3) is 0 Å². The summed E-state index contributed by atoms with van der Waals surface area (Å²) in [5, 5.41) is 5.82. The number of nitrogens with one attached hydrogen (secondary N) is 2. The third kappa shape index (κ3) is 4.71. The highest BCUT2D eigenvalue weighted by Gasteiger charge is 2.32. The summed E-state index contributed by atoms with van der Waals surface area (Å²) in [6, 6.07) is 14.4. The van der Waals surface area contributed by atoms with Crippen LogP contribution in [0.1, 0.15) is 31.2 Å². The Morgan fingerprint density at radius 3 is 2.55 bits per heavy atom. The normalized spacial score (nSPS) is 21.0. The minimum Gasteiger partial charge on any atom is -0.495 e. The molecule has 1 aliphatic carbocycles. The lowest BCUT2D eigenvalue weighted by Gasteiger charge is -2.31. The van der Waals surface area contributed by atoms with Gasteiger partial charge in [0.15, 0.2) is 0 Å². The van der Waals surface area contributed by atoms with Crippen LogP contribution in [-0.2, 0) is 16.0 Å². The van der Waals surface area contributed by atoms with Crippen molar-refractivity contribution in [1.29, 1.82) is 0 Å². The Balaban J connectivity index is 1.32. The number of amides is 4. The second-order valence-electron chi connectivity index (χ2n) is 8.18. The summed E-state index contributed by atoms with van der Waals surface area (Å²) < 4.78 is 5.30. The first kappa shape index (κ1) is 20.9. The molecule has 162 valence electrons. The molecule has 0 spiro atoms. The standard InChI is InChI=1S/C24H27N3O4/c1-31-21-9-5-4-8-20(21)25-23(29)17-12-10-16(11-13-17)15-27-22(28)14-18-6-2-3-7-19(18)26-24(27)30/h2-9,16-17H,10-15H2,1H3,(H,25,29)(H,26,30). The number of carbonyl (C=O) groups excluding carboxylic acids is 3. The van der Waals surface area contributed by atoms with Crippen LogP contribution in [0.3, 0.4) is 0 Å². The number of rotatable bonds is 5. The van der Waals surface area contributed by atoms with E-state index in [0.717, 1.165) is 31.2 Å². The van der Waals surface area contributed by atoms with Crippen LogP contribution in [0.2, 0.25) is 0 Å². The molecule has 0 aromatic heterocycles. The second kappa shape index (κ2) is 9.20. The number of para-hydroxylation sites is 3. The number of nitrogens with zero attached hydrogens (tertiary/aromatic N) is 1. The number of carbonyl (C=O) groups is 3. The van der Waals surface area contributed by atoms with Gasteiger partial charge in [0, 0.05) is 18.2 Å². The lowest BCUT2D eigenvalue weighted by molar-refractivity contribution is -0.128. The zero-order valence-corrected chi connectivity index (χ0v) is 17.6. The maximum Gasteiger partial charge on any atom is 0.328 e. The zero-order valence-electron chi connectivity index (χ0n) is 17.6. The van der Waals surface area contributed by atoms with E-state index in [1.165, 1.54) is 4.90 Å². The predicted molar refractivity (Wildman–Crippen MR) is 118 cm³/mol. The molecule has 1 heterocycles. The number of hydrogen-bond acceptors (Lipinski definition) is 4. The van der Waals surface area contributed by atoms with Crippen LogP contribution in [0.5, 0.6) is 5.75 Å². The SMILES string of the molecule is COc1ccccc1NC(=O)C1CCC(CN2C(=O)Cc3ccccc3NC2=O)CC1. The first-order valence-electron chi connectivity index (χ1n) is 10.7. The van der Waals surface area contributed by atoms with Gasteiger partial charge in [-0.1, -0.05) is 30.3 Å². The van der Waals surface area contributed by atoms with Gasteiger partial charge in [0.2, 0.25) is 11.8 Å². The molecule has 0 atom stereocenters. The Morgan fingerprint density at radius 1 is 1.06 bits per heavy atom. The van der Waals surface area contributed by atoms with E-state index in [1.54, 1.807) is 7.11 Å². The Labute approximate surface area is 181 Å². The largest absolute Gasteiger partial charge is 0.495 e. The minimum absolute atomic E-state index is 0.0120. The van der Waals surface area contributed by atoms with Gasteiger partial charge in [-0.2, -0.15) is 0 Å². The van der Waals surface area contributed by atoms with Crippen molar-refractivity contribution < 1.29 is 19.1 Å². The molecule has 1 aliphatic heterocycles. The Morgan fingerprint density at radius 2 is 1.77 bits per heavy atom. The molecule has 1 fully saturated rings. The first-order valence-corrected chi connectivity index (χ1v) is 10.7. The van der Waals surface area contributed by atoms with Crippen LogP contribution in [0.15, 0.2) is 48.5 Å². The smallest absolute Gasteiger partial charge is 0.328 e. The monoisotopic (exact) mass is 421 g/mol. The van der Waals surface area contributed by atoms with E-state index >= 15 is 0 Å². The number of urea groups is 1. The van der Waals surface area contributed by atoms with Gasteiger partial charge < -0.3 is 15.4 Å². The van der Waals surface area contributed by atoms with Crippen molar-refractivity contribution in [2.75, 3.05) is 24.3 Å². The molecule has 0 radical (unpaired) electrons. The van der Waals surface area contributed by atoms with Crippen molar-refractivity contribution in [3.05, 3.63) is 54.1 Å². The van der Waals surface area contributed by atoms with Gasteiger partial charge in [-0.3, -0.25) is 14.5 Å². The molecule has 0 bridgehead atoms. The lowest BCUT2D eigenvalue weighted by atomic mass is 9.81. The number of imide groups is 1. The molecule has 7 nitrogen and oxygen atoms in total. The molecular weight excluding hydrogens is 394 g/mol. The van der Waals surface area contributed by atoms with E-state index in [9.17, 15) is 14.4 Å². The molecule has 2 N–H and O–H groups in total. The Hall–Kier alpha value is -3.35. The highest BCUT2D eigenvalue weighted by Crippen LogP contribution is 2.32. The maximum atomic E-state index is 12.7. The molecule has 4 rings (SSSR count). The first-order chi connectivity index (χ1) is 15.0. The number of fused-ring (bicyclic) bond motifs is 1. The van der Waals surface area contributed by atoms with Crippen LogP contribution in [0, 0.1) is 11.8 Å². The number of ether oxygens (including phenoxy) is 1. The van der Waals surface area contributed by atoms with Crippen molar-refractivity contribution in [2.45, 2.75) is 32.1 Å². The van der Waals surface area contributed by atoms with E-state index in [4.69, 9.17) is 4.74 Å². The molecular formula is C24H27N3O4. The average Bonchev–Trinajstić information content (AvgIpc) is 2.90. The number of anilines is 2. The number of hydrogen-bond donors (Lipinski definition) is 2. The fourth-order valence-electron chi connectivity index (χ4n) is 4.38. The van der Waals surface area contributed by atoms with Gasteiger partial charge in [-0.15, -0.1) is 0 Å². The van der Waals surface area contributed by atoms with E-state index in [0.29, 0.717) is 23.7 Å². The summed E-state index contributed by atoms with van der Waals surface area (Å²) in [6.07, 6.45) is 3.28. The lowest BCUT2D eigenvalue weighted by Crippen LogP contribution is -2.43. The maximum absolute atomic E-state index is 12.7. The van der Waals surface area contributed by atoms with Crippen molar-refractivity contribution in [3.63, 3.8) is 0 Å². The molecule has 2 aromatic rings. The zero-order chi connectivity index (χ0) is 21.8. The molecule has 2 aliphatic rings. The summed E-state index contributed by atoms with van der Waals surface area (Å²) in [5.41, 5.74) is 2.20. The topological polar surface area (TPSA) is 87.7 Å². The predicted octanol–water partition coefficient (Wildman–Crippen LogP) is 4.06. The van der Waals surface area contributed by atoms with E-state index in [2.05, 4.69) is 10.6 Å². The van der Waals surface area contributed by atoms with Crippen LogP contribution < -0.4 is 15.4 Å². The number of benzene rings is 2. The van der Waals surface area contributed by atoms with Gasteiger partial charge in [-0.25, -0.2) is 4.79 Å². The van der Waals surface area contributed by atoms with E-state index < -0.39 is 0 Å². The van der Waals surface area contributed by atoms with Crippen molar-refractivity contribution in [1.82, 2.24) is 4.90 Å². The summed E-state index contributed by atoms with van der Waals surface area (Å²) in [7, 11) is 1.58. The minimum atomic E-state index is -0.369. The van der Waals surface area contributed by atoms with Crippen LogP contribution in [-0.4, -0.2) is 36.4 Å². The highest BCUT2D eigenvalue weighted by atomic mass is 16.5. The van der Waals surface area contributed by atoms with Gasteiger partial charge in [0.05, 0.1) is 19.2 Å². The molecule has 1 saturated carbocycles. The second-order valence-corrected chi connectivity index (χ2v) is 8.18. The fraction of sp³-hybridized carbons (Fsp3) is 0.375. The van der Waals surface area contributed by atoms with Crippen molar-refractivity contribution >= 4 is 29.2 Å². The molecule has 0 unspecified atom stereocenters. The summed E-state index contributed by atoms with van der Waals surface area (Å²) in [4.78, 5) is 39.3. The van der Waals surface area contributed by atoms with Gasteiger partial charge in [0.1, 0.15) is 5.75 Å².